The van der Waals surface area contributed by atoms with Gasteiger partial charge in [-0.3, -0.25) is 25.3 Å². The van der Waals surface area contributed by atoms with Crippen LogP contribution in [0.15, 0.2) is 60.8 Å². The molecule has 0 aliphatic carbocycles. The molecule has 0 spiro atoms. The van der Waals surface area contributed by atoms with E-state index in [1.165, 1.54) is 0 Å². The number of hydrazine groups is 1. The van der Waals surface area contributed by atoms with Crippen molar-refractivity contribution in [3.63, 3.8) is 0 Å². The topological polar surface area (TPSA) is 111 Å². The fourth-order valence-electron chi connectivity index (χ4n) is 3.66. The molecule has 4 rings (SSSR count). The standard InChI is InChI=1S/C21H22N4O4S/c26-20(17-14-22-18-9-5-4-8-16(17)18)23-24-21(27)19(15-6-2-1-3-7-15)25-10-12-30(28,29)13-11-25/h1-9,14,19,22H,10-13H2,(H,23,26)(H,24,27). The molecule has 9 heteroatoms. The maximum atomic E-state index is 13.0. The number of benzene rings is 2. The third-order valence-corrected chi connectivity index (χ3v) is 6.85. The van der Waals surface area contributed by atoms with Crippen molar-refractivity contribution in [1.29, 1.82) is 0 Å². The van der Waals surface area contributed by atoms with Crippen molar-refractivity contribution >= 4 is 32.6 Å². The van der Waals surface area contributed by atoms with E-state index in [0.29, 0.717) is 5.56 Å². The van der Waals surface area contributed by atoms with Crippen LogP contribution >= 0.6 is 0 Å². The molecule has 3 N–H and O–H groups in total. The Morgan fingerprint density at radius 1 is 0.933 bits per heavy atom. The highest BCUT2D eigenvalue weighted by molar-refractivity contribution is 7.91. The number of sulfone groups is 1. The predicted octanol–water partition coefficient (Wildman–Crippen LogP) is 1.40. The summed E-state index contributed by atoms with van der Waals surface area (Å²) >= 11 is 0. The number of aromatic amines is 1. The number of fused-ring (bicyclic) bond motifs is 1. The van der Waals surface area contributed by atoms with Crippen molar-refractivity contribution in [3.8, 4) is 0 Å². The molecule has 0 bridgehead atoms. The summed E-state index contributed by atoms with van der Waals surface area (Å²) < 4.78 is 23.6. The number of carbonyl (C=O) groups is 2. The number of hydrogen-bond donors (Lipinski definition) is 3. The van der Waals surface area contributed by atoms with Gasteiger partial charge < -0.3 is 4.98 Å². The van der Waals surface area contributed by atoms with Crippen LogP contribution in [0.1, 0.15) is 22.0 Å². The van der Waals surface area contributed by atoms with Gasteiger partial charge in [-0.2, -0.15) is 0 Å². The molecule has 1 unspecified atom stereocenters. The minimum atomic E-state index is -3.08. The van der Waals surface area contributed by atoms with E-state index >= 15 is 0 Å². The molecule has 0 saturated carbocycles. The van der Waals surface area contributed by atoms with Gasteiger partial charge in [0.25, 0.3) is 11.8 Å². The van der Waals surface area contributed by atoms with Gasteiger partial charge in [0.15, 0.2) is 9.84 Å². The first kappa shape index (κ1) is 20.1. The summed E-state index contributed by atoms with van der Waals surface area (Å²) in [6.45, 7) is 0.511. The summed E-state index contributed by atoms with van der Waals surface area (Å²) in [4.78, 5) is 30.5. The Balaban J connectivity index is 1.50. The van der Waals surface area contributed by atoms with Crippen LogP contribution in [0.5, 0.6) is 0 Å². The zero-order valence-electron chi connectivity index (χ0n) is 16.2. The van der Waals surface area contributed by atoms with E-state index in [1.54, 1.807) is 6.20 Å². The molecular weight excluding hydrogens is 404 g/mol. The molecule has 1 fully saturated rings. The summed E-state index contributed by atoms with van der Waals surface area (Å²) in [5.74, 6) is -0.848. The Hall–Kier alpha value is -3.17. The van der Waals surface area contributed by atoms with E-state index in [2.05, 4.69) is 15.8 Å². The smallest absolute Gasteiger partial charge is 0.271 e. The van der Waals surface area contributed by atoms with Gasteiger partial charge in [-0.25, -0.2) is 8.42 Å². The minimum absolute atomic E-state index is 0.00527. The predicted molar refractivity (Wildman–Crippen MR) is 113 cm³/mol. The third kappa shape index (κ3) is 4.22. The number of para-hydroxylation sites is 1. The van der Waals surface area contributed by atoms with Gasteiger partial charge >= 0.3 is 0 Å². The van der Waals surface area contributed by atoms with Crippen LogP contribution in [0.4, 0.5) is 0 Å². The second-order valence-electron chi connectivity index (χ2n) is 7.19. The number of rotatable bonds is 4. The van der Waals surface area contributed by atoms with Crippen molar-refractivity contribution in [2.75, 3.05) is 24.6 Å². The Labute approximate surface area is 174 Å². The van der Waals surface area contributed by atoms with E-state index in [1.807, 2.05) is 59.5 Å². The average molecular weight is 426 g/mol. The lowest BCUT2D eigenvalue weighted by molar-refractivity contribution is -0.127. The molecule has 2 amide bonds. The van der Waals surface area contributed by atoms with Crippen molar-refractivity contribution in [3.05, 3.63) is 71.9 Å². The van der Waals surface area contributed by atoms with E-state index in [4.69, 9.17) is 0 Å². The molecule has 1 aliphatic rings. The fourth-order valence-corrected chi connectivity index (χ4v) is 4.89. The molecule has 1 aliphatic heterocycles. The van der Waals surface area contributed by atoms with Crippen LogP contribution in [-0.4, -0.2) is 54.7 Å². The Morgan fingerprint density at radius 3 is 2.33 bits per heavy atom. The Morgan fingerprint density at radius 2 is 1.60 bits per heavy atom. The van der Waals surface area contributed by atoms with Crippen LogP contribution in [0.2, 0.25) is 0 Å². The molecular formula is C21H22N4O4S. The first-order chi connectivity index (χ1) is 14.4. The van der Waals surface area contributed by atoms with E-state index < -0.39 is 27.7 Å². The number of H-pyrrole nitrogens is 1. The highest BCUT2D eigenvalue weighted by Gasteiger charge is 2.32. The van der Waals surface area contributed by atoms with E-state index in [9.17, 15) is 18.0 Å². The van der Waals surface area contributed by atoms with Gasteiger partial charge in [0.2, 0.25) is 0 Å². The quantitative estimate of drug-likeness (QED) is 0.546. The number of aromatic nitrogens is 1. The molecule has 3 aromatic rings. The number of nitrogens with one attached hydrogen (secondary N) is 3. The lowest BCUT2D eigenvalue weighted by Gasteiger charge is -2.33. The van der Waals surface area contributed by atoms with E-state index in [0.717, 1.165) is 16.5 Å². The number of nitrogens with zero attached hydrogens (tertiary/aromatic N) is 1. The maximum absolute atomic E-state index is 13.0. The summed E-state index contributed by atoms with van der Waals surface area (Å²) in [5.41, 5.74) is 6.97. The van der Waals surface area contributed by atoms with Crippen LogP contribution in [0.3, 0.4) is 0 Å². The third-order valence-electron chi connectivity index (χ3n) is 5.24. The normalized spacial score (nSPS) is 17.3. The molecule has 1 aromatic heterocycles. The Kier molecular flexibility index (Phi) is 5.56. The van der Waals surface area contributed by atoms with Crippen LogP contribution in [-0.2, 0) is 14.6 Å². The zero-order chi connectivity index (χ0) is 21.1. The van der Waals surface area contributed by atoms with Gasteiger partial charge in [-0.1, -0.05) is 48.5 Å². The van der Waals surface area contributed by atoms with Crippen LogP contribution in [0.25, 0.3) is 10.9 Å². The summed E-state index contributed by atoms with van der Waals surface area (Å²) in [7, 11) is -3.08. The summed E-state index contributed by atoms with van der Waals surface area (Å²) in [6, 6.07) is 15.8. The largest absolute Gasteiger partial charge is 0.360 e. The zero-order valence-corrected chi connectivity index (χ0v) is 17.0. The number of amides is 2. The summed E-state index contributed by atoms with van der Waals surface area (Å²) in [5, 5.41) is 0.755. The number of carbonyl (C=O) groups excluding carboxylic acids is 2. The first-order valence-corrected chi connectivity index (χ1v) is 11.4. The average Bonchev–Trinajstić information content (AvgIpc) is 3.18. The van der Waals surface area contributed by atoms with Gasteiger partial charge in [-0.15, -0.1) is 0 Å². The van der Waals surface area contributed by atoms with Crippen molar-refractivity contribution in [2.24, 2.45) is 0 Å². The van der Waals surface area contributed by atoms with Crippen molar-refractivity contribution < 1.29 is 18.0 Å². The number of hydrogen-bond acceptors (Lipinski definition) is 5. The van der Waals surface area contributed by atoms with Crippen molar-refractivity contribution in [1.82, 2.24) is 20.7 Å². The molecule has 1 saturated heterocycles. The minimum Gasteiger partial charge on any atom is -0.360 e. The summed E-state index contributed by atoms with van der Waals surface area (Å²) in [6.07, 6.45) is 1.59. The first-order valence-electron chi connectivity index (χ1n) is 9.60. The van der Waals surface area contributed by atoms with E-state index in [-0.39, 0.29) is 24.6 Å². The highest BCUT2D eigenvalue weighted by atomic mass is 32.2. The fraction of sp³-hybridized carbons (Fsp3) is 0.238. The SMILES string of the molecule is O=C(NNC(=O)C(c1ccccc1)N1CCS(=O)(=O)CC1)c1c[nH]c2ccccc12. The molecule has 156 valence electrons. The highest BCUT2D eigenvalue weighted by Crippen LogP contribution is 2.23. The van der Waals surface area contributed by atoms with Crippen molar-refractivity contribution in [2.45, 2.75) is 6.04 Å². The van der Waals surface area contributed by atoms with Crippen LogP contribution < -0.4 is 10.9 Å². The lowest BCUT2D eigenvalue weighted by Crippen LogP contribution is -2.51. The monoisotopic (exact) mass is 426 g/mol. The molecule has 8 nitrogen and oxygen atoms in total. The van der Waals surface area contributed by atoms with Gasteiger partial charge in [0.05, 0.1) is 17.1 Å². The lowest BCUT2D eigenvalue weighted by atomic mass is 10.0. The van der Waals surface area contributed by atoms with Gasteiger partial charge in [0, 0.05) is 30.2 Å². The molecule has 2 heterocycles. The van der Waals surface area contributed by atoms with Crippen LogP contribution in [0, 0.1) is 0 Å². The second-order valence-corrected chi connectivity index (χ2v) is 9.50. The molecule has 1 atom stereocenters. The maximum Gasteiger partial charge on any atom is 0.271 e. The van der Waals surface area contributed by atoms with Gasteiger partial charge in [0.1, 0.15) is 6.04 Å². The Bertz CT molecular complexity index is 1160. The molecule has 0 radical (unpaired) electrons. The second kappa shape index (κ2) is 8.29. The molecule has 30 heavy (non-hydrogen) atoms. The van der Waals surface area contributed by atoms with Gasteiger partial charge in [-0.05, 0) is 11.6 Å². The molecule has 2 aromatic carbocycles.